The molecule has 21 heavy (non-hydrogen) atoms. The lowest BCUT2D eigenvalue weighted by molar-refractivity contribution is -0.137. The van der Waals surface area contributed by atoms with Gasteiger partial charge in [-0.05, 0) is 25.1 Å². The van der Waals surface area contributed by atoms with Crippen LogP contribution in [0.15, 0.2) is 18.2 Å². The van der Waals surface area contributed by atoms with E-state index in [0.717, 1.165) is 0 Å². The highest BCUT2D eigenvalue weighted by Crippen LogP contribution is 2.29. The van der Waals surface area contributed by atoms with E-state index >= 15 is 0 Å². The number of halogens is 2. The van der Waals surface area contributed by atoms with E-state index in [-0.39, 0.29) is 23.5 Å². The Morgan fingerprint density at radius 3 is 2.52 bits per heavy atom. The van der Waals surface area contributed by atoms with Crippen molar-refractivity contribution < 1.29 is 33.0 Å². The molecule has 1 aromatic carbocycles. The van der Waals surface area contributed by atoms with Gasteiger partial charge in [0.2, 0.25) is 0 Å². The molecule has 0 saturated carbocycles. The van der Waals surface area contributed by atoms with Gasteiger partial charge in [0, 0.05) is 11.6 Å². The molecule has 0 aliphatic heterocycles. The third-order valence-electron chi connectivity index (χ3n) is 2.50. The smallest absolute Gasteiger partial charge is 0.387 e. The third kappa shape index (κ3) is 5.25. The largest absolute Gasteiger partial charge is 0.493 e. The summed E-state index contributed by atoms with van der Waals surface area (Å²) < 4.78 is 33.5. The average molecular weight is 303 g/mol. The first-order chi connectivity index (χ1) is 9.83. The van der Waals surface area contributed by atoms with Crippen molar-refractivity contribution in [2.45, 2.75) is 26.0 Å². The average Bonchev–Trinajstić information content (AvgIpc) is 2.37. The number of aliphatic carboxylic acids is 1. The number of rotatable bonds is 7. The SMILES string of the molecule is COc1cc(C(=O)N[C@@H](C)CC(=O)O)ccc1OC(F)F. The van der Waals surface area contributed by atoms with Crippen LogP contribution in [0, 0.1) is 0 Å². The molecule has 1 amide bonds. The van der Waals surface area contributed by atoms with Crippen LogP contribution in [-0.2, 0) is 4.79 Å². The molecule has 1 rings (SSSR count). The third-order valence-corrected chi connectivity index (χ3v) is 2.50. The lowest BCUT2D eigenvalue weighted by Crippen LogP contribution is -2.34. The van der Waals surface area contributed by atoms with Crippen LogP contribution in [0.5, 0.6) is 11.5 Å². The van der Waals surface area contributed by atoms with Gasteiger partial charge in [-0.15, -0.1) is 0 Å². The Balaban J connectivity index is 2.83. The molecule has 0 aliphatic rings. The fourth-order valence-electron chi connectivity index (χ4n) is 1.62. The van der Waals surface area contributed by atoms with Gasteiger partial charge in [-0.2, -0.15) is 8.78 Å². The summed E-state index contributed by atoms with van der Waals surface area (Å²) in [6.07, 6.45) is -0.227. The predicted octanol–water partition coefficient (Wildman–Crippen LogP) is 1.89. The number of nitrogens with one attached hydrogen (secondary N) is 1. The van der Waals surface area contributed by atoms with Gasteiger partial charge < -0.3 is 19.9 Å². The summed E-state index contributed by atoms with van der Waals surface area (Å²) >= 11 is 0. The van der Waals surface area contributed by atoms with Crippen molar-refractivity contribution in [1.82, 2.24) is 5.32 Å². The molecule has 1 aromatic rings. The van der Waals surface area contributed by atoms with Crippen LogP contribution in [0.25, 0.3) is 0 Å². The molecule has 8 heteroatoms. The number of methoxy groups -OCH3 is 1. The standard InChI is InChI=1S/C13H15F2NO5/c1-7(5-11(17)18)16-12(19)8-3-4-9(21-13(14)15)10(6-8)20-2/h3-4,6-7,13H,5H2,1-2H3,(H,16,19)(H,17,18)/t7-/m0/s1. The molecule has 0 unspecified atom stereocenters. The topological polar surface area (TPSA) is 84.9 Å². The van der Waals surface area contributed by atoms with E-state index in [1.807, 2.05) is 0 Å². The molecule has 116 valence electrons. The van der Waals surface area contributed by atoms with Crippen LogP contribution < -0.4 is 14.8 Å². The fraction of sp³-hybridized carbons (Fsp3) is 0.385. The van der Waals surface area contributed by atoms with Crippen molar-refractivity contribution in [2.75, 3.05) is 7.11 Å². The first-order valence-electron chi connectivity index (χ1n) is 5.99. The summed E-state index contributed by atoms with van der Waals surface area (Å²) in [7, 11) is 1.25. The number of alkyl halides is 2. The molecule has 6 nitrogen and oxygen atoms in total. The van der Waals surface area contributed by atoms with Crippen LogP contribution in [0.3, 0.4) is 0 Å². The summed E-state index contributed by atoms with van der Waals surface area (Å²) in [6, 6.07) is 3.13. The number of carboxylic acids is 1. The van der Waals surface area contributed by atoms with Gasteiger partial charge in [0.25, 0.3) is 5.91 Å². The number of carbonyl (C=O) groups excluding carboxylic acids is 1. The van der Waals surface area contributed by atoms with Gasteiger partial charge in [0.15, 0.2) is 11.5 Å². The lowest BCUT2D eigenvalue weighted by atomic mass is 10.1. The lowest BCUT2D eigenvalue weighted by Gasteiger charge is -2.14. The Bertz CT molecular complexity index is 521. The number of hydrogen-bond donors (Lipinski definition) is 2. The van der Waals surface area contributed by atoms with Crippen molar-refractivity contribution in [1.29, 1.82) is 0 Å². The van der Waals surface area contributed by atoms with Crippen LogP contribution in [0.1, 0.15) is 23.7 Å². The first kappa shape index (κ1) is 16.7. The minimum atomic E-state index is -3.01. The minimum Gasteiger partial charge on any atom is -0.493 e. The van der Waals surface area contributed by atoms with E-state index in [1.54, 1.807) is 0 Å². The Morgan fingerprint density at radius 2 is 2.00 bits per heavy atom. The number of ether oxygens (including phenoxy) is 2. The van der Waals surface area contributed by atoms with Crippen molar-refractivity contribution in [2.24, 2.45) is 0 Å². The molecular weight excluding hydrogens is 288 g/mol. The summed E-state index contributed by atoms with van der Waals surface area (Å²) in [5, 5.41) is 11.1. The first-order valence-corrected chi connectivity index (χ1v) is 5.99. The normalized spacial score (nSPS) is 11.9. The molecule has 0 aliphatic carbocycles. The number of carbonyl (C=O) groups is 2. The molecule has 2 N–H and O–H groups in total. The molecular formula is C13H15F2NO5. The second-order valence-electron chi connectivity index (χ2n) is 4.22. The highest BCUT2D eigenvalue weighted by atomic mass is 19.3. The minimum absolute atomic E-state index is 0.0196. The number of carboxylic acid groups (broad SMARTS) is 1. The predicted molar refractivity (Wildman–Crippen MR) is 68.8 cm³/mol. The van der Waals surface area contributed by atoms with Gasteiger partial charge in [0.05, 0.1) is 13.5 Å². The highest BCUT2D eigenvalue weighted by Gasteiger charge is 2.16. The zero-order chi connectivity index (χ0) is 16.0. The quantitative estimate of drug-likeness (QED) is 0.803. The van der Waals surface area contributed by atoms with E-state index < -0.39 is 24.5 Å². The monoisotopic (exact) mass is 303 g/mol. The van der Waals surface area contributed by atoms with E-state index in [4.69, 9.17) is 9.84 Å². The molecule has 0 heterocycles. The molecule has 0 saturated heterocycles. The van der Waals surface area contributed by atoms with Gasteiger partial charge in [-0.3, -0.25) is 9.59 Å². The summed E-state index contributed by atoms with van der Waals surface area (Å²) in [5.74, 6) is -1.79. The molecule has 0 spiro atoms. The Labute approximate surface area is 119 Å². The Morgan fingerprint density at radius 1 is 1.33 bits per heavy atom. The molecule has 0 radical (unpaired) electrons. The van der Waals surface area contributed by atoms with E-state index in [1.165, 1.54) is 32.2 Å². The molecule has 0 bridgehead atoms. The van der Waals surface area contributed by atoms with Gasteiger partial charge in [0.1, 0.15) is 0 Å². The van der Waals surface area contributed by atoms with Crippen molar-refractivity contribution >= 4 is 11.9 Å². The molecule has 1 atom stereocenters. The number of hydrogen-bond acceptors (Lipinski definition) is 4. The van der Waals surface area contributed by atoms with Crippen LogP contribution >= 0.6 is 0 Å². The Kier molecular flexibility index (Phi) is 5.89. The van der Waals surface area contributed by atoms with Gasteiger partial charge in [-0.1, -0.05) is 0 Å². The highest BCUT2D eigenvalue weighted by molar-refractivity contribution is 5.95. The second kappa shape index (κ2) is 7.41. The van der Waals surface area contributed by atoms with Crippen molar-refractivity contribution in [3.8, 4) is 11.5 Å². The maximum atomic E-state index is 12.2. The maximum absolute atomic E-state index is 12.2. The van der Waals surface area contributed by atoms with Gasteiger partial charge in [-0.25, -0.2) is 0 Å². The van der Waals surface area contributed by atoms with E-state index in [2.05, 4.69) is 10.1 Å². The summed E-state index contributed by atoms with van der Waals surface area (Å²) in [4.78, 5) is 22.4. The van der Waals surface area contributed by atoms with Gasteiger partial charge >= 0.3 is 12.6 Å². The van der Waals surface area contributed by atoms with Crippen molar-refractivity contribution in [3.63, 3.8) is 0 Å². The molecule has 0 aromatic heterocycles. The summed E-state index contributed by atoms with van der Waals surface area (Å²) in [6.45, 7) is -1.47. The number of benzene rings is 1. The molecule has 0 fully saturated rings. The van der Waals surface area contributed by atoms with E-state index in [9.17, 15) is 18.4 Å². The second-order valence-corrected chi connectivity index (χ2v) is 4.22. The number of amides is 1. The zero-order valence-electron chi connectivity index (χ0n) is 11.4. The van der Waals surface area contributed by atoms with E-state index in [0.29, 0.717) is 0 Å². The zero-order valence-corrected chi connectivity index (χ0v) is 11.4. The van der Waals surface area contributed by atoms with Crippen LogP contribution in [0.4, 0.5) is 8.78 Å². The fourth-order valence-corrected chi connectivity index (χ4v) is 1.62. The summed E-state index contributed by atoms with van der Waals surface area (Å²) in [5.41, 5.74) is 0.144. The van der Waals surface area contributed by atoms with Crippen LogP contribution in [0.2, 0.25) is 0 Å². The maximum Gasteiger partial charge on any atom is 0.387 e. The van der Waals surface area contributed by atoms with Crippen LogP contribution in [-0.4, -0.2) is 36.7 Å². The Hall–Kier alpha value is -2.38. The van der Waals surface area contributed by atoms with Crippen molar-refractivity contribution in [3.05, 3.63) is 23.8 Å².